The van der Waals surface area contributed by atoms with Crippen LogP contribution in [0.1, 0.15) is 29.2 Å². The van der Waals surface area contributed by atoms with Crippen LogP contribution in [0.3, 0.4) is 0 Å². The molecule has 0 spiro atoms. The highest BCUT2D eigenvalue weighted by atomic mass is 16.1. The van der Waals surface area contributed by atoms with Crippen LogP contribution in [0, 0.1) is 13.8 Å². The van der Waals surface area contributed by atoms with E-state index in [1.807, 2.05) is 18.2 Å². The molecule has 0 saturated heterocycles. The van der Waals surface area contributed by atoms with Crippen molar-refractivity contribution in [2.75, 3.05) is 10.6 Å². The van der Waals surface area contributed by atoms with Crippen LogP contribution in [0.5, 0.6) is 0 Å². The molecule has 5 nitrogen and oxygen atoms in total. The molecule has 1 aliphatic rings. The first-order valence-electron chi connectivity index (χ1n) is 9.17. The lowest BCUT2D eigenvalue weighted by atomic mass is 10.0. The lowest BCUT2D eigenvalue weighted by Gasteiger charge is -2.12. The van der Waals surface area contributed by atoms with Crippen LogP contribution in [0.4, 0.5) is 17.3 Å². The first-order valence-corrected chi connectivity index (χ1v) is 9.17. The SMILES string of the molecule is CCc1ccc2c(c1)NC(=O)Cc1cnc(Nc3ccc(C)c(C)c3)nc1-2. The fourth-order valence-corrected chi connectivity index (χ4v) is 3.27. The molecule has 0 radical (unpaired) electrons. The summed E-state index contributed by atoms with van der Waals surface area (Å²) in [6, 6.07) is 12.3. The summed E-state index contributed by atoms with van der Waals surface area (Å²) in [6.07, 6.45) is 2.93. The van der Waals surface area contributed by atoms with E-state index in [2.05, 4.69) is 54.6 Å². The number of rotatable bonds is 3. The number of aryl methyl sites for hydroxylation is 3. The Morgan fingerprint density at radius 2 is 1.96 bits per heavy atom. The molecule has 0 unspecified atom stereocenters. The zero-order valence-corrected chi connectivity index (χ0v) is 15.8. The van der Waals surface area contributed by atoms with Gasteiger partial charge in [-0.1, -0.05) is 25.1 Å². The van der Waals surface area contributed by atoms with Gasteiger partial charge in [0.1, 0.15) is 0 Å². The van der Waals surface area contributed by atoms with Gasteiger partial charge in [-0.25, -0.2) is 9.97 Å². The van der Waals surface area contributed by atoms with Crippen LogP contribution in [0.25, 0.3) is 11.3 Å². The second-order valence-corrected chi connectivity index (χ2v) is 6.95. The highest BCUT2D eigenvalue weighted by Crippen LogP contribution is 2.34. The monoisotopic (exact) mass is 358 g/mol. The lowest BCUT2D eigenvalue weighted by Crippen LogP contribution is -2.13. The van der Waals surface area contributed by atoms with E-state index >= 15 is 0 Å². The molecular weight excluding hydrogens is 336 g/mol. The lowest BCUT2D eigenvalue weighted by molar-refractivity contribution is -0.115. The topological polar surface area (TPSA) is 66.9 Å². The van der Waals surface area contributed by atoms with Crippen LogP contribution in [-0.4, -0.2) is 15.9 Å². The molecule has 1 amide bonds. The summed E-state index contributed by atoms with van der Waals surface area (Å²) in [4.78, 5) is 21.4. The van der Waals surface area contributed by atoms with Crippen molar-refractivity contribution in [2.24, 2.45) is 0 Å². The Balaban J connectivity index is 1.76. The van der Waals surface area contributed by atoms with Crippen molar-refractivity contribution in [2.45, 2.75) is 33.6 Å². The summed E-state index contributed by atoms with van der Waals surface area (Å²) >= 11 is 0. The average Bonchev–Trinajstić information content (AvgIpc) is 2.79. The van der Waals surface area contributed by atoms with E-state index < -0.39 is 0 Å². The number of hydrogen-bond donors (Lipinski definition) is 2. The summed E-state index contributed by atoms with van der Waals surface area (Å²) < 4.78 is 0. The number of anilines is 3. The zero-order valence-electron chi connectivity index (χ0n) is 15.8. The van der Waals surface area contributed by atoms with E-state index in [-0.39, 0.29) is 12.3 Å². The van der Waals surface area contributed by atoms with Crippen molar-refractivity contribution in [3.63, 3.8) is 0 Å². The van der Waals surface area contributed by atoms with Gasteiger partial charge in [0.15, 0.2) is 0 Å². The molecule has 1 aliphatic heterocycles. The number of carbonyl (C=O) groups is 1. The van der Waals surface area contributed by atoms with Crippen molar-refractivity contribution in [1.29, 1.82) is 0 Å². The minimum absolute atomic E-state index is 0.0401. The minimum Gasteiger partial charge on any atom is -0.325 e. The number of carbonyl (C=O) groups excluding carboxylic acids is 1. The normalized spacial score (nSPS) is 12.6. The number of hydrogen-bond acceptors (Lipinski definition) is 4. The van der Waals surface area contributed by atoms with Gasteiger partial charge in [-0.15, -0.1) is 0 Å². The van der Waals surface area contributed by atoms with Gasteiger partial charge in [0.25, 0.3) is 0 Å². The van der Waals surface area contributed by atoms with Crippen molar-refractivity contribution >= 4 is 23.2 Å². The van der Waals surface area contributed by atoms with Gasteiger partial charge in [-0.2, -0.15) is 0 Å². The molecule has 3 aromatic rings. The molecule has 1 aromatic heterocycles. The third kappa shape index (κ3) is 3.40. The van der Waals surface area contributed by atoms with Crippen LogP contribution in [-0.2, 0) is 17.6 Å². The van der Waals surface area contributed by atoms with E-state index in [1.165, 1.54) is 16.7 Å². The smallest absolute Gasteiger partial charge is 0.228 e. The molecule has 0 aliphatic carbocycles. The predicted molar refractivity (Wildman–Crippen MR) is 108 cm³/mol. The predicted octanol–water partition coefficient (Wildman–Crippen LogP) is 4.56. The average molecular weight is 358 g/mol. The van der Waals surface area contributed by atoms with Crippen LogP contribution >= 0.6 is 0 Å². The number of fused-ring (bicyclic) bond motifs is 3. The summed E-state index contributed by atoms with van der Waals surface area (Å²) in [6.45, 7) is 6.27. The first kappa shape index (κ1) is 17.2. The van der Waals surface area contributed by atoms with Gasteiger partial charge in [0.05, 0.1) is 17.8 Å². The Bertz CT molecular complexity index is 1040. The summed E-state index contributed by atoms with van der Waals surface area (Å²) in [5, 5.41) is 6.28. The Morgan fingerprint density at radius 3 is 2.74 bits per heavy atom. The molecule has 0 saturated carbocycles. The molecule has 0 atom stereocenters. The van der Waals surface area contributed by atoms with Gasteiger partial charge < -0.3 is 10.6 Å². The number of nitrogens with one attached hydrogen (secondary N) is 2. The molecule has 2 aromatic carbocycles. The third-order valence-electron chi connectivity index (χ3n) is 5.00. The number of benzene rings is 2. The van der Waals surface area contributed by atoms with Crippen molar-refractivity contribution < 1.29 is 4.79 Å². The van der Waals surface area contributed by atoms with Crippen molar-refractivity contribution in [3.05, 3.63) is 64.8 Å². The quantitative estimate of drug-likeness (QED) is 0.720. The first-order chi connectivity index (χ1) is 13.0. The second kappa shape index (κ2) is 6.83. The summed E-state index contributed by atoms with van der Waals surface area (Å²) in [5.41, 5.74) is 7.96. The largest absolute Gasteiger partial charge is 0.325 e. The molecule has 2 N–H and O–H groups in total. The van der Waals surface area contributed by atoms with Crippen molar-refractivity contribution in [1.82, 2.24) is 9.97 Å². The van der Waals surface area contributed by atoms with E-state index in [1.54, 1.807) is 6.20 Å². The summed E-state index contributed by atoms with van der Waals surface area (Å²) in [7, 11) is 0. The fraction of sp³-hybridized carbons (Fsp3) is 0.227. The standard InChI is InChI=1S/C22H22N4O/c1-4-15-6-8-18-19(10-15)25-20(27)11-16-12-23-22(26-21(16)18)24-17-7-5-13(2)14(3)9-17/h5-10,12H,4,11H2,1-3H3,(H,25,27)(H,23,24,26). The van der Waals surface area contributed by atoms with Crippen LogP contribution < -0.4 is 10.6 Å². The van der Waals surface area contributed by atoms with E-state index in [9.17, 15) is 4.79 Å². The molecule has 0 bridgehead atoms. The zero-order chi connectivity index (χ0) is 19.0. The highest BCUT2D eigenvalue weighted by Gasteiger charge is 2.21. The Morgan fingerprint density at radius 1 is 1.11 bits per heavy atom. The maximum Gasteiger partial charge on any atom is 0.228 e. The third-order valence-corrected chi connectivity index (χ3v) is 5.00. The van der Waals surface area contributed by atoms with Crippen LogP contribution in [0.15, 0.2) is 42.6 Å². The van der Waals surface area contributed by atoms with E-state index in [4.69, 9.17) is 4.98 Å². The molecule has 27 heavy (non-hydrogen) atoms. The minimum atomic E-state index is -0.0401. The van der Waals surface area contributed by atoms with Crippen molar-refractivity contribution in [3.8, 4) is 11.3 Å². The maximum absolute atomic E-state index is 12.3. The number of nitrogens with zero attached hydrogens (tertiary/aromatic N) is 2. The summed E-state index contributed by atoms with van der Waals surface area (Å²) in [5.74, 6) is 0.485. The molecule has 136 valence electrons. The second-order valence-electron chi connectivity index (χ2n) is 6.95. The Labute approximate surface area is 158 Å². The number of amides is 1. The van der Waals surface area contributed by atoms with Gasteiger partial charge in [-0.3, -0.25) is 4.79 Å². The molecule has 2 heterocycles. The van der Waals surface area contributed by atoms with Crippen LogP contribution in [0.2, 0.25) is 0 Å². The number of aromatic nitrogens is 2. The van der Waals surface area contributed by atoms with Gasteiger partial charge in [-0.05, 0) is 55.2 Å². The van der Waals surface area contributed by atoms with E-state index in [0.717, 1.165) is 34.6 Å². The van der Waals surface area contributed by atoms with Gasteiger partial charge in [0.2, 0.25) is 11.9 Å². The molecule has 5 heteroatoms. The molecular formula is C22H22N4O. The van der Waals surface area contributed by atoms with E-state index in [0.29, 0.717) is 5.95 Å². The Kier molecular flexibility index (Phi) is 4.36. The Hall–Kier alpha value is -3.21. The van der Waals surface area contributed by atoms with Gasteiger partial charge in [0, 0.05) is 23.0 Å². The highest BCUT2D eigenvalue weighted by molar-refractivity contribution is 6.00. The maximum atomic E-state index is 12.3. The molecule has 0 fully saturated rings. The van der Waals surface area contributed by atoms with Gasteiger partial charge >= 0.3 is 0 Å². The fourth-order valence-electron chi connectivity index (χ4n) is 3.27. The molecule has 4 rings (SSSR count).